The SMILES string of the molecule is CCC(CC)n1c(=O)c(NCc2ccc(S(C)(=O)=O)cn2)nc2ncc(-c3c(OC)ncnc3C3CC3)nc21. The largest absolute Gasteiger partial charge is 0.480 e. The van der Waals surface area contributed by atoms with Gasteiger partial charge in [-0.15, -0.1) is 0 Å². The lowest BCUT2D eigenvalue weighted by Crippen LogP contribution is -2.29. The highest BCUT2D eigenvalue weighted by atomic mass is 32.2. The van der Waals surface area contributed by atoms with Crippen LogP contribution in [0, 0.1) is 0 Å². The predicted molar refractivity (Wildman–Crippen MR) is 145 cm³/mol. The van der Waals surface area contributed by atoms with Crippen molar-refractivity contribution in [3.63, 3.8) is 0 Å². The summed E-state index contributed by atoms with van der Waals surface area (Å²) in [6, 6.07) is 2.96. The van der Waals surface area contributed by atoms with Crippen LogP contribution in [0.2, 0.25) is 0 Å². The average Bonchev–Trinajstić information content (AvgIpc) is 3.78. The van der Waals surface area contributed by atoms with Gasteiger partial charge >= 0.3 is 0 Å². The van der Waals surface area contributed by atoms with Crippen LogP contribution in [0.25, 0.3) is 22.6 Å². The van der Waals surface area contributed by atoms with Gasteiger partial charge in [-0.1, -0.05) is 13.8 Å². The Kier molecular flexibility index (Phi) is 7.25. The van der Waals surface area contributed by atoms with Gasteiger partial charge in [0, 0.05) is 24.4 Å². The predicted octanol–water partition coefficient (Wildman–Crippen LogP) is 3.30. The highest BCUT2D eigenvalue weighted by molar-refractivity contribution is 7.90. The van der Waals surface area contributed by atoms with Crippen LogP contribution >= 0.6 is 0 Å². The van der Waals surface area contributed by atoms with E-state index in [0.717, 1.165) is 24.8 Å². The average molecular weight is 551 g/mol. The molecule has 0 bridgehead atoms. The minimum absolute atomic E-state index is 0.115. The molecule has 12 nitrogen and oxygen atoms in total. The molecule has 5 rings (SSSR count). The third-order valence-corrected chi connectivity index (χ3v) is 7.93. The van der Waals surface area contributed by atoms with E-state index in [-0.39, 0.29) is 28.9 Å². The van der Waals surface area contributed by atoms with Gasteiger partial charge in [0.15, 0.2) is 26.9 Å². The van der Waals surface area contributed by atoms with Gasteiger partial charge in [-0.25, -0.2) is 33.3 Å². The first-order valence-corrected chi connectivity index (χ1v) is 14.7. The Labute approximate surface area is 225 Å². The van der Waals surface area contributed by atoms with E-state index in [1.165, 1.54) is 18.6 Å². The zero-order valence-corrected chi connectivity index (χ0v) is 23.1. The number of hydrogen-bond donors (Lipinski definition) is 1. The van der Waals surface area contributed by atoms with E-state index in [9.17, 15) is 13.2 Å². The summed E-state index contributed by atoms with van der Waals surface area (Å²) < 4.78 is 30.6. The van der Waals surface area contributed by atoms with Crippen molar-refractivity contribution in [3.05, 3.63) is 52.6 Å². The molecule has 1 N–H and O–H groups in total. The maximum absolute atomic E-state index is 13.7. The fraction of sp³-hybridized carbons (Fsp3) is 0.423. The minimum Gasteiger partial charge on any atom is -0.480 e. The number of methoxy groups -OCH3 is 1. The van der Waals surface area contributed by atoms with Crippen LogP contribution in [0.1, 0.15) is 62.9 Å². The van der Waals surface area contributed by atoms with Crippen molar-refractivity contribution in [2.45, 2.75) is 62.9 Å². The van der Waals surface area contributed by atoms with Crippen LogP contribution in [0.5, 0.6) is 5.88 Å². The lowest BCUT2D eigenvalue weighted by atomic mass is 10.1. The molecular weight excluding hydrogens is 520 g/mol. The summed E-state index contributed by atoms with van der Waals surface area (Å²) in [5.74, 6) is 0.850. The summed E-state index contributed by atoms with van der Waals surface area (Å²) in [6.07, 6.45) is 9.02. The molecule has 4 aromatic heterocycles. The molecule has 13 heteroatoms. The van der Waals surface area contributed by atoms with Crippen molar-refractivity contribution in [1.29, 1.82) is 0 Å². The van der Waals surface area contributed by atoms with Crippen molar-refractivity contribution in [2.75, 3.05) is 18.7 Å². The Morgan fingerprint density at radius 2 is 1.85 bits per heavy atom. The molecule has 1 aliphatic carbocycles. The molecule has 0 aliphatic heterocycles. The first-order valence-electron chi connectivity index (χ1n) is 12.8. The Balaban J connectivity index is 1.58. The fourth-order valence-corrected chi connectivity index (χ4v) is 5.12. The summed E-state index contributed by atoms with van der Waals surface area (Å²) in [4.78, 5) is 40.8. The smallest absolute Gasteiger partial charge is 0.295 e. The Bertz CT molecular complexity index is 1680. The van der Waals surface area contributed by atoms with Gasteiger partial charge in [-0.3, -0.25) is 14.3 Å². The van der Waals surface area contributed by atoms with E-state index in [4.69, 9.17) is 9.72 Å². The first-order chi connectivity index (χ1) is 18.7. The molecule has 0 amide bonds. The molecule has 0 spiro atoms. The molecule has 204 valence electrons. The topological polar surface area (TPSA) is 155 Å². The van der Waals surface area contributed by atoms with Gasteiger partial charge in [0.1, 0.15) is 6.33 Å². The highest BCUT2D eigenvalue weighted by Crippen LogP contribution is 2.45. The number of sulfone groups is 1. The Hall–Kier alpha value is -4.00. The lowest BCUT2D eigenvalue weighted by molar-refractivity contribution is 0.397. The molecule has 1 aliphatic rings. The molecule has 0 unspecified atom stereocenters. The summed E-state index contributed by atoms with van der Waals surface area (Å²) in [6.45, 7) is 4.21. The number of nitrogens with one attached hydrogen (secondary N) is 1. The van der Waals surface area contributed by atoms with E-state index in [2.05, 4.69) is 30.2 Å². The normalized spacial score (nSPS) is 13.7. The van der Waals surface area contributed by atoms with Gasteiger partial charge in [0.05, 0.1) is 47.4 Å². The first kappa shape index (κ1) is 26.6. The second-order valence-electron chi connectivity index (χ2n) is 9.54. The molecule has 1 fully saturated rings. The lowest BCUT2D eigenvalue weighted by Gasteiger charge is -2.20. The van der Waals surface area contributed by atoms with Gasteiger partial charge in [-0.2, -0.15) is 0 Å². The number of hydrogen-bond acceptors (Lipinski definition) is 11. The highest BCUT2D eigenvalue weighted by Gasteiger charge is 2.31. The van der Waals surface area contributed by atoms with E-state index >= 15 is 0 Å². The molecule has 1 saturated carbocycles. The number of anilines is 1. The Morgan fingerprint density at radius 3 is 2.46 bits per heavy atom. The summed E-state index contributed by atoms with van der Waals surface area (Å²) in [5.41, 5.74) is 3.01. The van der Waals surface area contributed by atoms with Crippen LogP contribution in [0.4, 0.5) is 5.82 Å². The Morgan fingerprint density at radius 1 is 1.08 bits per heavy atom. The van der Waals surface area contributed by atoms with Crippen molar-refractivity contribution >= 4 is 26.9 Å². The number of fused-ring (bicyclic) bond motifs is 1. The van der Waals surface area contributed by atoms with E-state index < -0.39 is 9.84 Å². The molecule has 0 radical (unpaired) electrons. The van der Waals surface area contributed by atoms with Crippen LogP contribution in [0.15, 0.2) is 40.5 Å². The monoisotopic (exact) mass is 550 g/mol. The molecule has 4 aromatic rings. The van der Waals surface area contributed by atoms with E-state index in [0.29, 0.717) is 52.9 Å². The second kappa shape index (κ2) is 10.6. The summed E-state index contributed by atoms with van der Waals surface area (Å²) in [7, 11) is -1.79. The molecule has 4 heterocycles. The van der Waals surface area contributed by atoms with Gasteiger partial charge in [0.2, 0.25) is 5.88 Å². The maximum Gasteiger partial charge on any atom is 0.295 e. The number of rotatable bonds is 10. The number of ether oxygens (including phenoxy) is 1. The second-order valence-corrected chi connectivity index (χ2v) is 11.6. The van der Waals surface area contributed by atoms with E-state index in [1.807, 2.05) is 13.8 Å². The van der Waals surface area contributed by atoms with Crippen molar-refractivity contribution in [1.82, 2.24) is 34.5 Å². The summed E-state index contributed by atoms with van der Waals surface area (Å²) >= 11 is 0. The van der Waals surface area contributed by atoms with Crippen LogP contribution in [0.3, 0.4) is 0 Å². The number of nitrogens with zero attached hydrogens (tertiary/aromatic N) is 7. The number of aromatic nitrogens is 7. The third kappa shape index (κ3) is 5.31. The minimum atomic E-state index is -3.35. The molecule has 0 saturated heterocycles. The quantitative estimate of drug-likeness (QED) is 0.309. The number of pyridine rings is 1. The van der Waals surface area contributed by atoms with Crippen molar-refractivity contribution in [2.24, 2.45) is 0 Å². The standard InChI is InChI=1S/C26H30N8O4S/c1-5-17(6-2)34-24-22(29-13-19(32-24)20-21(15-7-8-15)30-14-31-25(20)38-3)33-23(26(34)35)28-11-16-9-10-18(12-27-16)39(4,36)37/h9-10,12-15,17H,5-8,11H2,1-4H3,(H,28,29,33). The zero-order chi connectivity index (χ0) is 27.7. The van der Waals surface area contributed by atoms with Crippen LogP contribution in [-0.2, 0) is 16.4 Å². The molecule has 0 atom stereocenters. The maximum atomic E-state index is 13.7. The third-order valence-electron chi connectivity index (χ3n) is 6.83. The molecule has 0 aromatic carbocycles. The van der Waals surface area contributed by atoms with Gasteiger partial charge in [0.25, 0.3) is 5.56 Å². The van der Waals surface area contributed by atoms with Crippen molar-refractivity contribution < 1.29 is 13.2 Å². The van der Waals surface area contributed by atoms with E-state index in [1.54, 1.807) is 23.9 Å². The fourth-order valence-electron chi connectivity index (χ4n) is 4.56. The van der Waals surface area contributed by atoms with Gasteiger partial charge in [-0.05, 0) is 37.8 Å². The molecule has 39 heavy (non-hydrogen) atoms. The zero-order valence-electron chi connectivity index (χ0n) is 22.2. The molecular formula is C26H30N8O4S. The van der Waals surface area contributed by atoms with Gasteiger partial charge < -0.3 is 10.1 Å². The summed E-state index contributed by atoms with van der Waals surface area (Å²) in [5, 5.41) is 3.06. The van der Waals surface area contributed by atoms with Crippen molar-refractivity contribution in [3.8, 4) is 17.1 Å². The van der Waals surface area contributed by atoms with Crippen LogP contribution < -0.4 is 15.6 Å². The van der Waals surface area contributed by atoms with Crippen LogP contribution in [-0.4, -0.2) is 56.3 Å².